The van der Waals surface area contributed by atoms with Gasteiger partial charge in [0, 0.05) is 11.8 Å². The first-order valence-corrected chi connectivity index (χ1v) is 8.72. The molecule has 0 fully saturated rings. The molecule has 8 heteroatoms. The van der Waals surface area contributed by atoms with E-state index in [0.29, 0.717) is 11.4 Å². The predicted molar refractivity (Wildman–Crippen MR) is 103 cm³/mol. The van der Waals surface area contributed by atoms with Gasteiger partial charge in [0.05, 0.1) is 34.4 Å². The molecule has 1 N–H and O–H groups in total. The van der Waals surface area contributed by atoms with Gasteiger partial charge >= 0.3 is 12.0 Å². The van der Waals surface area contributed by atoms with Crippen LogP contribution in [-0.4, -0.2) is 23.5 Å². The Hall–Kier alpha value is -3.68. The minimum absolute atomic E-state index is 0.137. The van der Waals surface area contributed by atoms with Crippen molar-refractivity contribution in [3.05, 3.63) is 81.5 Å². The van der Waals surface area contributed by atoms with Crippen LogP contribution in [0.3, 0.4) is 0 Å². The van der Waals surface area contributed by atoms with Gasteiger partial charge in [-0.25, -0.2) is 9.59 Å². The Bertz CT molecular complexity index is 955. The number of nitrogens with zero attached hydrogens (tertiary/aromatic N) is 2. The SMILES string of the molecule is CCOC(=O)C1=C(C)N(c2ccccc2)C(=O)N[C@H]1c1ccccc1[N+](=O)[O-]. The third-order valence-electron chi connectivity index (χ3n) is 4.44. The van der Waals surface area contributed by atoms with Crippen LogP contribution in [0.25, 0.3) is 0 Å². The van der Waals surface area contributed by atoms with Crippen molar-refractivity contribution in [2.24, 2.45) is 0 Å². The first kappa shape index (κ1) is 19.1. The van der Waals surface area contributed by atoms with Crippen LogP contribution in [0.4, 0.5) is 16.2 Å². The molecule has 2 amide bonds. The lowest BCUT2D eigenvalue weighted by atomic mass is 9.93. The molecule has 1 atom stereocenters. The highest BCUT2D eigenvalue weighted by molar-refractivity contribution is 6.03. The van der Waals surface area contributed by atoms with Crippen LogP contribution in [0.15, 0.2) is 65.9 Å². The molecule has 0 aromatic heterocycles. The lowest BCUT2D eigenvalue weighted by Gasteiger charge is -2.35. The number of nitrogens with one attached hydrogen (secondary N) is 1. The van der Waals surface area contributed by atoms with E-state index in [4.69, 9.17) is 4.74 Å². The molecule has 1 heterocycles. The van der Waals surface area contributed by atoms with Gasteiger partial charge < -0.3 is 10.1 Å². The van der Waals surface area contributed by atoms with Crippen molar-refractivity contribution >= 4 is 23.4 Å². The normalized spacial score (nSPS) is 16.6. The molecule has 3 rings (SSSR count). The number of benzene rings is 2. The van der Waals surface area contributed by atoms with E-state index >= 15 is 0 Å². The van der Waals surface area contributed by atoms with Crippen molar-refractivity contribution in [2.45, 2.75) is 19.9 Å². The number of anilines is 1. The van der Waals surface area contributed by atoms with E-state index in [1.807, 2.05) is 6.07 Å². The van der Waals surface area contributed by atoms with Gasteiger partial charge in [-0.15, -0.1) is 0 Å². The minimum Gasteiger partial charge on any atom is -0.463 e. The number of para-hydroxylation sites is 2. The summed E-state index contributed by atoms with van der Waals surface area (Å²) in [5.41, 5.74) is 1.11. The summed E-state index contributed by atoms with van der Waals surface area (Å²) in [5, 5.41) is 14.2. The molecule has 0 saturated heterocycles. The topological polar surface area (TPSA) is 102 Å². The van der Waals surface area contributed by atoms with Crippen molar-refractivity contribution in [3.8, 4) is 0 Å². The highest BCUT2D eigenvalue weighted by atomic mass is 16.6. The van der Waals surface area contributed by atoms with Gasteiger partial charge in [0.2, 0.25) is 0 Å². The average molecular weight is 381 g/mol. The number of allylic oxidation sites excluding steroid dienone is 1. The molecule has 8 nitrogen and oxygen atoms in total. The number of nitro benzene ring substituents is 1. The van der Waals surface area contributed by atoms with Gasteiger partial charge in [-0.05, 0) is 32.0 Å². The van der Waals surface area contributed by atoms with E-state index in [-0.39, 0.29) is 23.4 Å². The summed E-state index contributed by atoms with van der Waals surface area (Å²) in [7, 11) is 0. The van der Waals surface area contributed by atoms with E-state index in [1.165, 1.54) is 23.1 Å². The number of hydrogen-bond acceptors (Lipinski definition) is 5. The molecule has 0 saturated carbocycles. The molecule has 1 aliphatic rings. The molecule has 0 bridgehead atoms. The van der Waals surface area contributed by atoms with Gasteiger partial charge in [-0.3, -0.25) is 15.0 Å². The summed E-state index contributed by atoms with van der Waals surface area (Å²) in [6.45, 7) is 3.43. The van der Waals surface area contributed by atoms with E-state index in [1.54, 1.807) is 44.2 Å². The Labute approximate surface area is 161 Å². The molecule has 0 unspecified atom stereocenters. The van der Waals surface area contributed by atoms with Crippen molar-refractivity contribution in [1.82, 2.24) is 5.32 Å². The van der Waals surface area contributed by atoms with Gasteiger partial charge in [0.15, 0.2) is 0 Å². The van der Waals surface area contributed by atoms with Crippen LogP contribution in [-0.2, 0) is 9.53 Å². The fourth-order valence-corrected chi connectivity index (χ4v) is 3.24. The van der Waals surface area contributed by atoms with Crippen molar-refractivity contribution in [2.75, 3.05) is 11.5 Å². The molecular formula is C20H19N3O5. The molecule has 0 radical (unpaired) electrons. The molecule has 0 aliphatic carbocycles. The summed E-state index contributed by atoms with van der Waals surface area (Å²) >= 11 is 0. The molecule has 0 spiro atoms. The van der Waals surface area contributed by atoms with Crippen LogP contribution in [0.2, 0.25) is 0 Å². The summed E-state index contributed by atoms with van der Waals surface area (Å²) in [5.74, 6) is -0.635. The van der Waals surface area contributed by atoms with E-state index < -0.39 is 23.0 Å². The number of esters is 1. The maximum atomic E-state index is 12.9. The number of nitro groups is 1. The molecule has 28 heavy (non-hydrogen) atoms. The Kier molecular flexibility index (Phi) is 5.39. The smallest absolute Gasteiger partial charge is 0.338 e. The maximum Gasteiger partial charge on any atom is 0.338 e. The number of rotatable bonds is 5. The third kappa shape index (κ3) is 3.44. The van der Waals surface area contributed by atoms with Crippen LogP contribution >= 0.6 is 0 Å². The highest BCUT2D eigenvalue weighted by Crippen LogP contribution is 2.37. The Morgan fingerprint density at radius 3 is 2.46 bits per heavy atom. The Balaban J connectivity index is 2.19. The maximum absolute atomic E-state index is 12.9. The van der Waals surface area contributed by atoms with Gasteiger partial charge in [0.1, 0.15) is 0 Å². The third-order valence-corrected chi connectivity index (χ3v) is 4.44. The number of urea groups is 1. The number of ether oxygens (including phenoxy) is 1. The van der Waals surface area contributed by atoms with Gasteiger partial charge in [-0.2, -0.15) is 0 Å². The van der Waals surface area contributed by atoms with Crippen LogP contribution in [0, 0.1) is 10.1 Å². The monoisotopic (exact) mass is 381 g/mol. The van der Waals surface area contributed by atoms with E-state index in [0.717, 1.165) is 0 Å². The predicted octanol–water partition coefficient (Wildman–Crippen LogP) is 3.70. The first-order chi connectivity index (χ1) is 13.5. The lowest BCUT2D eigenvalue weighted by molar-refractivity contribution is -0.385. The second-order valence-electron chi connectivity index (χ2n) is 6.09. The van der Waals surface area contributed by atoms with E-state index in [9.17, 15) is 19.7 Å². The molecular weight excluding hydrogens is 362 g/mol. The average Bonchev–Trinajstić information content (AvgIpc) is 2.68. The van der Waals surface area contributed by atoms with Gasteiger partial charge in [-0.1, -0.05) is 30.3 Å². The zero-order chi connectivity index (χ0) is 20.3. The molecule has 2 aromatic carbocycles. The second-order valence-corrected chi connectivity index (χ2v) is 6.09. The Morgan fingerprint density at radius 1 is 1.18 bits per heavy atom. The van der Waals surface area contributed by atoms with E-state index in [2.05, 4.69) is 5.32 Å². The standard InChI is InChI=1S/C20H19N3O5/c1-3-28-19(24)17-13(2)22(14-9-5-4-6-10-14)20(25)21-18(17)15-11-7-8-12-16(15)23(26)27/h4-12,18H,3H2,1-2H3,(H,21,25)/t18-/m0/s1. The molecule has 2 aromatic rings. The number of carbonyl (C=O) groups is 2. The number of hydrogen-bond donors (Lipinski definition) is 1. The van der Waals surface area contributed by atoms with Gasteiger partial charge in [0.25, 0.3) is 5.69 Å². The minimum atomic E-state index is -0.992. The van der Waals surface area contributed by atoms with Crippen LogP contribution in [0.5, 0.6) is 0 Å². The summed E-state index contributed by atoms with van der Waals surface area (Å²) in [6.07, 6.45) is 0. The Morgan fingerprint density at radius 2 is 1.82 bits per heavy atom. The first-order valence-electron chi connectivity index (χ1n) is 8.72. The van der Waals surface area contributed by atoms with Crippen molar-refractivity contribution in [3.63, 3.8) is 0 Å². The molecule has 144 valence electrons. The molecule has 1 aliphatic heterocycles. The largest absolute Gasteiger partial charge is 0.463 e. The lowest BCUT2D eigenvalue weighted by Crippen LogP contribution is -2.48. The van der Waals surface area contributed by atoms with Crippen molar-refractivity contribution in [1.29, 1.82) is 0 Å². The summed E-state index contributed by atoms with van der Waals surface area (Å²) in [6, 6.07) is 13.4. The number of amides is 2. The van der Waals surface area contributed by atoms with Crippen molar-refractivity contribution < 1.29 is 19.2 Å². The fraction of sp³-hybridized carbons (Fsp3) is 0.200. The highest BCUT2D eigenvalue weighted by Gasteiger charge is 2.39. The quantitative estimate of drug-likeness (QED) is 0.483. The van der Waals surface area contributed by atoms with Crippen LogP contribution in [0.1, 0.15) is 25.5 Å². The zero-order valence-electron chi connectivity index (χ0n) is 15.4. The second kappa shape index (κ2) is 7.91. The zero-order valence-corrected chi connectivity index (χ0v) is 15.4. The van der Waals surface area contributed by atoms with Crippen LogP contribution < -0.4 is 10.2 Å². The fourth-order valence-electron chi connectivity index (χ4n) is 3.24. The number of carbonyl (C=O) groups excluding carboxylic acids is 2. The summed E-state index contributed by atoms with van der Waals surface area (Å²) < 4.78 is 5.18. The summed E-state index contributed by atoms with van der Waals surface area (Å²) in [4.78, 5) is 37.9.